The van der Waals surface area contributed by atoms with Crippen LogP contribution in [0.3, 0.4) is 0 Å². The van der Waals surface area contributed by atoms with Crippen LogP contribution in [0.2, 0.25) is 0 Å². The van der Waals surface area contributed by atoms with E-state index >= 15 is 0 Å². The molecule has 0 spiro atoms. The van der Waals surface area contributed by atoms with Gasteiger partial charge in [0.1, 0.15) is 5.82 Å². The summed E-state index contributed by atoms with van der Waals surface area (Å²) in [6.07, 6.45) is 2.81. The van der Waals surface area contributed by atoms with Gasteiger partial charge in [-0.2, -0.15) is 0 Å². The maximum Gasteiger partial charge on any atom is 0.336 e. The first-order chi connectivity index (χ1) is 16.7. The summed E-state index contributed by atoms with van der Waals surface area (Å²) in [4.78, 5) is 16.6. The van der Waals surface area contributed by atoms with Gasteiger partial charge in [0, 0.05) is 27.1 Å². The summed E-state index contributed by atoms with van der Waals surface area (Å²) < 4.78 is 28.5. The SMILES string of the molecule is CCCCc1nc2cc(S(=O)(=O)N(C)C)ccc2n1Cc1ccc(-c2ccccc2C(=O)O)cc1. The van der Waals surface area contributed by atoms with Gasteiger partial charge < -0.3 is 9.67 Å². The quantitative estimate of drug-likeness (QED) is 0.354. The molecule has 35 heavy (non-hydrogen) atoms. The lowest BCUT2D eigenvalue weighted by Gasteiger charge is -2.12. The normalized spacial score (nSPS) is 11.9. The minimum absolute atomic E-state index is 0.225. The van der Waals surface area contributed by atoms with Crippen LogP contribution in [-0.4, -0.2) is 47.4 Å². The summed E-state index contributed by atoms with van der Waals surface area (Å²) in [6.45, 7) is 2.71. The van der Waals surface area contributed by atoms with E-state index in [1.165, 1.54) is 18.4 Å². The highest BCUT2D eigenvalue weighted by molar-refractivity contribution is 7.89. The van der Waals surface area contributed by atoms with Crippen molar-refractivity contribution in [3.05, 3.63) is 83.7 Å². The number of hydrogen-bond donors (Lipinski definition) is 1. The second-order valence-corrected chi connectivity index (χ2v) is 10.9. The number of rotatable bonds is 9. The molecule has 4 rings (SSSR count). The second-order valence-electron chi connectivity index (χ2n) is 8.70. The number of nitrogens with zero attached hydrogens (tertiary/aromatic N) is 3. The van der Waals surface area contributed by atoms with E-state index < -0.39 is 16.0 Å². The number of unbranched alkanes of at least 4 members (excludes halogenated alkanes) is 1. The zero-order chi connectivity index (χ0) is 25.2. The van der Waals surface area contributed by atoms with Crippen molar-refractivity contribution in [1.82, 2.24) is 13.9 Å². The summed E-state index contributed by atoms with van der Waals surface area (Å²) >= 11 is 0. The first-order valence-electron chi connectivity index (χ1n) is 11.6. The van der Waals surface area contributed by atoms with Crippen LogP contribution in [0.15, 0.2) is 71.6 Å². The topological polar surface area (TPSA) is 92.5 Å². The summed E-state index contributed by atoms with van der Waals surface area (Å²) in [5.74, 6) is -0.0349. The third kappa shape index (κ3) is 4.99. The number of fused-ring (bicyclic) bond motifs is 1. The zero-order valence-corrected chi connectivity index (χ0v) is 20.9. The molecule has 0 saturated heterocycles. The van der Waals surface area contributed by atoms with E-state index in [0.717, 1.165) is 41.7 Å². The van der Waals surface area contributed by atoms with Crippen LogP contribution in [0.5, 0.6) is 0 Å². The van der Waals surface area contributed by atoms with Crippen molar-refractivity contribution in [2.75, 3.05) is 14.1 Å². The molecule has 1 aromatic heterocycles. The molecular formula is C27H29N3O4S. The number of carboxylic acid groups (broad SMARTS) is 1. The Hall–Kier alpha value is -3.49. The lowest BCUT2D eigenvalue weighted by molar-refractivity contribution is 0.0697. The van der Waals surface area contributed by atoms with Gasteiger partial charge in [-0.05, 0) is 47.4 Å². The number of imidazole rings is 1. The Morgan fingerprint density at radius 2 is 1.74 bits per heavy atom. The predicted octanol–water partition coefficient (Wildman–Crippen LogP) is 5.04. The van der Waals surface area contributed by atoms with Gasteiger partial charge in [0.05, 0.1) is 21.5 Å². The number of benzene rings is 3. The van der Waals surface area contributed by atoms with Crippen molar-refractivity contribution in [3.8, 4) is 11.1 Å². The number of carboxylic acids is 1. The predicted molar refractivity (Wildman–Crippen MR) is 137 cm³/mol. The molecule has 4 aromatic rings. The largest absolute Gasteiger partial charge is 0.478 e. The third-order valence-corrected chi connectivity index (χ3v) is 7.91. The number of sulfonamides is 1. The Balaban J connectivity index is 1.70. The Morgan fingerprint density at radius 1 is 1.03 bits per heavy atom. The van der Waals surface area contributed by atoms with Crippen LogP contribution in [-0.2, 0) is 23.0 Å². The molecule has 182 valence electrons. The molecule has 1 heterocycles. The van der Waals surface area contributed by atoms with Crippen LogP contribution in [0, 0.1) is 0 Å². The molecule has 0 aliphatic rings. The fourth-order valence-electron chi connectivity index (χ4n) is 4.13. The van der Waals surface area contributed by atoms with Crippen LogP contribution in [0.1, 0.15) is 41.5 Å². The Morgan fingerprint density at radius 3 is 2.40 bits per heavy atom. The van der Waals surface area contributed by atoms with Crippen LogP contribution >= 0.6 is 0 Å². The summed E-state index contributed by atoms with van der Waals surface area (Å²) in [6, 6.07) is 19.9. The molecule has 7 nitrogen and oxygen atoms in total. The van der Waals surface area contributed by atoms with E-state index in [1.54, 1.807) is 24.3 Å². The third-order valence-electron chi connectivity index (χ3n) is 6.09. The number of carbonyl (C=O) groups is 1. The lowest BCUT2D eigenvalue weighted by Crippen LogP contribution is -2.22. The number of aryl methyl sites for hydroxylation is 1. The molecule has 0 bridgehead atoms. The molecule has 1 N–H and O–H groups in total. The van der Waals surface area contributed by atoms with Gasteiger partial charge in [0.15, 0.2) is 0 Å². The fourth-order valence-corrected chi connectivity index (χ4v) is 5.05. The fraction of sp³-hybridized carbons (Fsp3) is 0.259. The van der Waals surface area contributed by atoms with Gasteiger partial charge in [-0.25, -0.2) is 22.5 Å². The van der Waals surface area contributed by atoms with E-state index in [4.69, 9.17) is 4.98 Å². The van der Waals surface area contributed by atoms with Gasteiger partial charge in [0.25, 0.3) is 0 Å². The average Bonchev–Trinajstić information content (AvgIpc) is 3.19. The van der Waals surface area contributed by atoms with E-state index in [0.29, 0.717) is 17.6 Å². The molecule has 0 amide bonds. The molecule has 0 unspecified atom stereocenters. The highest BCUT2D eigenvalue weighted by Gasteiger charge is 2.20. The highest BCUT2D eigenvalue weighted by atomic mass is 32.2. The highest BCUT2D eigenvalue weighted by Crippen LogP contribution is 2.27. The molecule has 0 fully saturated rings. The summed E-state index contributed by atoms with van der Waals surface area (Å²) in [5, 5.41) is 9.50. The van der Waals surface area contributed by atoms with E-state index in [9.17, 15) is 18.3 Å². The first kappa shape index (κ1) is 24.6. The van der Waals surface area contributed by atoms with Crippen LogP contribution < -0.4 is 0 Å². The monoisotopic (exact) mass is 491 g/mol. The molecule has 0 atom stereocenters. The van der Waals surface area contributed by atoms with Gasteiger partial charge in [-0.1, -0.05) is 55.8 Å². The first-order valence-corrected chi connectivity index (χ1v) is 13.0. The summed E-state index contributed by atoms with van der Waals surface area (Å²) in [7, 11) is -0.512. The molecule has 0 saturated carbocycles. The second kappa shape index (κ2) is 10.0. The van der Waals surface area contributed by atoms with Crippen LogP contribution in [0.25, 0.3) is 22.2 Å². The van der Waals surface area contributed by atoms with Gasteiger partial charge in [-0.15, -0.1) is 0 Å². The lowest BCUT2D eigenvalue weighted by atomic mass is 9.99. The Kier molecular flexibility index (Phi) is 7.05. The Labute approximate surface area is 205 Å². The smallest absolute Gasteiger partial charge is 0.336 e. The number of aromatic carboxylic acids is 1. The zero-order valence-electron chi connectivity index (χ0n) is 20.1. The maximum absolute atomic E-state index is 12.6. The number of hydrogen-bond acceptors (Lipinski definition) is 4. The minimum atomic E-state index is -3.55. The molecular weight excluding hydrogens is 462 g/mol. The minimum Gasteiger partial charge on any atom is -0.478 e. The van der Waals surface area contributed by atoms with Gasteiger partial charge >= 0.3 is 5.97 Å². The van der Waals surface area contributed by atoms with Crippen LogP contribution in [0.4, 0.5) is 0 Å². The van der Waals surface area contributed by atoms with Gasteiger partial charge in [-0.3, -0.25) is 0 Å². The van der Waals surface area contributed by atoms with E-state index in [-0.39, 0.29) is 10.5 Å². The molecule has 0 aliphatic carbocycles. The van der Waals surface area contributed by atoms with E-state index in [2.05, 4.69) is 11.5 Å². The molecule has 3 aromatic carbocycles. The summed E-state index contributed by atoms with van der Waals surface area (Å²) in [5.41, 5.74) is 4.37. The van der Waals surface area contributed by atoms with Crippen molar-refractivity contribution in [2.24, 2.45) is 0 Å². The average molecular weight is 492 g/mol. The molecule has 8 heteroatoms. The van der Waals surface area contributed by atoms with Crippen molar-refractivity contribution < 1.29 is 18.3 Å². The van der Waals surface area contributed by atoms with Crippen molar-refractivity contribution >= 4 is 27.0 Å². The van der Waals surface area contributed by atoms with Crippen molar-refractivity contribution in [1.29, 1.82) is 0 Å². The van der Waals surface area contributed by atoms with Crippen molar-refractivity contribution in [2.45, 2.75) is 37.6 Å². The van der Waals surface area contributed by atoms with E-state index in [1.807, 2.05) is 42.5 Å². The van der Waals surface area contributed by atoms with Crippen molar-refractivity contribution in [3.63, 3.8) is 0 Å². The molecule has 0 aliphatic heterocycles. The number of aromatic nitrogens is 2. The Bertz CT molecular complexity index is 1470. The maximum atomic E-state index is 12.6. The van der Waals surface area contributed by atoms with Gasteiger partial charge in [0.2, 0.25) is 10.0 Å². The molecule has 0 radical (unpaired) electrons. The standard InChI is InChI=1S/C27H29N3O4S/c1-4-5-10-26-28-24-17-21(35(33,34)29(2)3)15-16-25(24)30(26)18-19-11-13-20(14-12-19)22-8-6-7-9-23(22)27(31)32/h6-9,11-17H,4-5,10,18H2,1-3H3,(H,31,32).